The standard InChI is InChI=1S/C21H17F3N2O2/c22-21(23,24)16-4-7-17(8-5-16)28-18-6-3-14-9-11-26(13-15(14)12-18)20(27)19-2-1-10-25-19/h2-8,10,12H,1,9,11,13H2. The number of carbonyl (C=O) groups excluding carboxylic acids is 1. The Balaban J connectivity index is 1.49. The molecule has 4 rings (SSSR count). The summed E-state index contributed by atoms with van der Waals surface area (Å²) in [5.41, 5.74) is 1.85. The SMILES string of the molecule is O=C(C1=CCC=N1)N1CCc2ccc(Oc3ccc(C(F)(F)F)cc3)cc2C1. The van der Waals surface area contributed by atoms with Crippen LogP contribution in [0.15, 0.2) is 59.2 Å². The molecule has 144 valence electrons. The molecule has 28 heavy (non-hydrogen) atoms. The summed E-state index contributed by atoms with van der Waals surface area (Å²) in [6, 6.07) is 10.1. The fourth-order valence-electron chi connectivity index (χ4n) is 3.29. The summed E-state index contributed by atoms with van der Waals surface area (Å²) in [5, 5.41) is 0. The first-order chi connectivity index (χ1) is 13.4. The Labute approximate surface area is 159 Å². The van der Waals surface area contributed by atoms with Crippen LogP contribution in [0.1, 0.15) is 23.1 Å². The predicted octanol–water partition coefficient (Wildman–Crippen LogP) is 4.74. The van der Waals surface area contributed by atoms with Crippen LogP contribution in [0.25, 0.3) is 0 Å². The van der Waals surface area contributed by atoms with Gasteiger partial charge >= 0.3 is 6.18 Å². The minimum absolute atomic E-state index is 0.0894. The molecule has 0 atom stereocenters. The van der Waals surface area contributed by atoms with E-state index in [0.29, 0.717) is 36.7 Å². The van der Waals surface area contributed by atoms with Gasteiger partial charge in [0, 0.05) is 25.7 Å². The number of rotatable bonds is 3. The van der Waals surface area contributed by atoms with E-state index in [1.807, 2.05) is 18.2 Å². The van der Waals surface area contributed by atoms with Crippen LogP contribution in [0.4, 0.5) is 13.2 Å². The number of halogens is 3. The molecule has 2 heterocycles. The summed E-state index contributed by atoms with van der Waals surface area (Å²) < 4.78 is 43.7. The molecular weight excluding hydrogens is 369 g/mol. The molecule has 0 radical (unpaired) electrons. The van der Waals surface area contributed by atoms with Crippen LogP contribution in [-0.2, 0) is 23.9 Å². The van der Waals surface area contributed by atoms with Crippen LogP contribution in [0, 0.1) is 0 Å². The van der Waals surface area contributed by atoms with Crippen molar-refractivity contribution in [1.29, 1.82) is 0 Å². The third-order valence-corrected chi connectivity index (χ3v) is 4.76. The van der Waals surface area contributed by atoms with E-state index in [2.05, 4.69) is 4.99 Å². The number of carbonyl (C=O) groups is 1. The lowest BCUT2D eigenvalue weighted by atomic mass is 9.99. The van der Waals surface area contributed by atoms with Crippen molar-refractivity contribution in [2.45, 2.75) is 25.6 Å². The van der Waals surface area contributed by atoms with E-state index in [1.165, 1.54) is 12.1 Å². The smallest absolute Gasteiger partial charge is 0.416 e. The molecule has 4 nitrogen and oxygen atoms in total. The van der Waals surface area contributed by atoms with Crippen molar-refractivity contribution in [3.05, 3.63) is 70.9 Å². The Morgan fingerprint density at radius 3 is 2.46 bits per heavy atom. The molecule has 1 amide bonds. The predicted molar refractivity (Wildman–Crippen MR) is 98.3 cm³/mol. The quantitative estimate of drug-likeness (QED) is 0.765. The largest absolute Gasteiger partial charge is 0.457 e. The van der Waals surface area contributed by atoms with Crippen LogP contribution in [0.2, 0.25) is 0 Å². The van der Waals surface area contributed by atoms with Crippen LogP contribution in [-0.4, -0.2) is 23.6 Å². The number of allylic oxidation sites excluding steroid dienone is 1. The monoisotopic (exact) mass is 386 g/mol. The number of hydrogen-bond donors (Lipinski definition) is 0. The van der Waals surface area contributed by atoms with E-state index in [4.69, 9.17) is 4.74 Å². The topological polar surface area (TPSA) is 41.9 Å². The molecule has 0 aliphatic carbocycles. The highest BCUT2D eigenvalue weighted by Crippen LogP contribution is 2.32. The third-order valence-electron chi connectivity index (χ3n) is 4.76. The second-order valence-electron chi connectivity index (χ2n) is 6.67. The van der Waals surface area contributed by atoms with E-state index in [-0.39, 0.29) is 5.91 Å². The van der Waals surface area contributed by atoms with Gasteiger partial charge in [-0.1, -0.05) is 6.07 Å². The number of nitrogens with zero attached hydrogens (tertiary/aromatic N) is 2. The first-order valence-electron chi connectivity index (χ1n) is 8.89. The molecule has 0 unspecified atom stereocenters. The van der Waals surface area contributed by atoms with Gasteiger partial charge in [0.1, 0.15) is 17.2 Å². The molecule has 0 bridgehead atoms. The van der Waals surface area contributed by atoms with Gasteiger partial charge in [0.05, 0.1) is 5.56 Å². The Kier molecular flexibility index (Phi) is 4.66. The highest BCUT2D eigenvalue weighted by atomic mass is 19.4. The molecule has 0 fully saturated rings. The summed E-state index contributed by atoms with van der Waals surface area (Å²) in [6.45, 7) is 1.07. The first kappa shape index (κ1) is 18.3. The van der Waals surface area contributed by atoms with Gasteiger partial charge in [-0.3, -0.25) is 9.79 Å². The molecule has 0 saturated heterocycles. The summed E-state index contributed by atoms with van der Waals surface area (Å²) in [5.74, 6) is 0.751. The van der Waals surface area contributed by atoms with Crippen LogP contribution in [0.5, 0.6) is 11.5 Å². The number of ether oxygens (including phenoxy) is 1. The minimum atomic E-state index is -4.38. The first-order valence-corrected chi connectivity index (χ1v) is 8.89. The van der Waals surface area contributed by atoms with Crippen LogP contribution < -0.4 is 4.74 Å². The van der Waals surface area contributed by atoms with E-state index in [0.717, 1.165) is 29.7 Å². The van der Waals surface area contributed by atoms with Gasteiger partial charge < -0.3 is 9.64 Å². The van der Waals surface area contributed by atoms with E-state index in [1.54, 1.807) is 17.2 Å². The minimum Gasteiger partial charge on any atom is -0.457 e. The molecule has 0 N–H and O–H groups in total. The van der Waals surface area contributed by atoms with Gasteiger partial charge in [0.15, 0.2) is 0 Å². The molecular formula is C21H17F3N2O2. The van der Waals surface area contributed by atoms with Crippen LogP contribution in [0.3, 0.4) is 0 Å². The average Bonchev–Trinajstić information content (AvgIpc) is 3.21. The van der Waals surface area contributed by atoms with E-state index >= 15 is 0 Å². The summed E-state index contributed by atoms with van der Waals surface area (Å²) >= 11 is 0. The number of aliphatic imine (C=N–C) groups is 1. The number of benzene rings is 2. The second-order valence-corrected chi connectivity index (χ2v) is 6.67. The maximum atomic E-state index is 12.7. The zero-order valence-corrected chi connectivity index (χ0v) is 14.9. The van der Waals surface area contributed by atoms with Gasteiger partial charge in [-0.2, -0.15) is 13.2 Å². The van der Waals surface area contributed by atoms with Crippen molar-refractivity contribution in [3.63, 3.8) is 0 Å². The third kappa shape index (κ3) is 3.78. The van der Waals surface area contributed by atoms with Crippen molar-refractivity contribution >= 4 is 12.1 Å². The van der Waals surface area contributed by atoms with Crippen molar-refractivity contribution in [2.24, 2.45) is 4.99 Å². The summed E-state index contributed by atoms with van der Waals surface area (Å²) in [4.78, 5) is 18.4. The molecule has 2 aromatic carbocycles. The summed E-state index contributed by atoms with van der Waals surface area (Å²) in [7, 11) is 0. The molecule has 2 aliphatic rings. The lowest BCUT2D eigenvalue weighted by Crippen LogP contribution is -2.36. The molecule has 0 aromatic heterocycles. The Hall–Kier alpha value is -3.09. The highest BCUT2D eigenvalue weighted by Gasteiger charge is 2.30. The average molecular weight is 386 g/mol. The lowest BCUT2D eigenvalue weighted by Gasteiger charge is -2.29. The maximum Gasteiger partial charge on any atom is 0.416 e. The Morgan fingerprint density at radius 1 is 1.04 bits per heavy atom. The van der Waals surface area contributed by atoms with Crippen molar-refractivity contribution in [2.75, 3.05) is 6.54 Å². The summed E-state index contributed by atoms with van der Waals surface area (Å²) in [6.07, 6.45) is 0.553. The van der Waals surface area contributed by atoms with Gasteiger partial charge in [-0.05, 0) is 60.0 Å². The number of amides is 1. The maximum absolute atomic E-state index is 12.7. The van der Waals surface area contributed by atoms with Crippen molar-refractivity contribution < 1.29 is 22.7 Å². The van der Waals surface area contributed by atoms with Gasteiger partial charge in [-0.15, -0.1) is 0 Å². The number of hydrogen-bond acceptors (Lipinski definition) is 3. The fourth-order valence-corrected chi connectivity index (χ4v) is 3.29. The molecule has 7 heteroatoms. The molecule has 0 saturated carbocycles. The van der Waals surface area contributed by atoms with E-state index < -0.39 is 11.7 Å². The van der Waals surface area contributed by atoms with E-state index in [9.17, 15) is 18.0 Å². The number of fused-ring (bicyclic) bond motifs is 1. The Bertz CT molecular complexity index is 963. The molecule has 0 spiro atoms. The van der Waals surface area contributed by atoms with Gasteiger partial charge in [-0.25, -0.2) is 0 Å². The molecule has 2 aliphatic heterocycles. The highest BCUT2D eigenvalue weighted by molar-refractivity contribution is 5.96. The molecule has 2 aromatic rings. The fraction of sp³-hybridized carbons (Fsp3) is 0.238. The second kappa shape index (κ2) is 7.14. The Morgan fingerprint density at radius 2 is 1.79 bits per heavy atom. The van der Waals surface area contributed by atoms with Crippen molar-refractivity contribution in [3.8, 4) is 11.5 Å². The number of alkyl halides is 3. The lowest BCUT2D eigenvalue weighted by molar-refractivity contribution is -0.137. The van der Waals surface area contributed by atoms with Gasteiger partial charge in [0.25, 0.3) is 5.91 Å². The van der Waals surface area contributed by atoms with Gasteiger partial charge in [0.2, 0.25) is 0 Å². The zero-order valence-electron chi connectivity index (χ0n) is 14.9. The van der Waals surface area contributed by atoms with Crippen molar-refractivity contribution in [1.82, 2.24) is 4.90 Å². The van der Waals surface area contributed by atoms with Crippen LogP contribution >= 0.6 is 0 Å². The normalized spacial score (nSPS) is 16.0. The zero-order chi connectivity index (χ0) is 19.7.